The summed E-state index contributed by atoms with van der Waals surface area (Å²) in [7, 11) is 6.82. The Labute approximate surface area is 199 Å². The van der Waals surface area contributed by atoms with Gasteiger partial charge in [-0.3, -0.25) is 14.9 Å². The van der Waals surface area contributed by atoms with E-state index in [0.29, 0.717) is 40.9 Å². The highest BCUT2D eigenvalue weighted by atomic mass is 32.1. The monoisotopic (exact) mass is 494 g/mol. The van der Waals surface area contributed by atoms with Crippen LogP contribution in [0.5, 0.6) is 11.5 Å². The van der Waals surface area contributed by atoms with Crippen molar-refractivity contribution in [2.45, 2.75) is 0 Å². The zero-order valence-electron chi connectivity index (χ0n) is 19.0. The van der Waals surface area contributed by atoms with E-state index in [0.717, 1.165) is 6.54 Å². The zero-order chi connectivity index (χ0) is 25.7. The van der Waals surface area contributed by atoms with E-state index < -0.39 is 17.8 Å². The number of ether oxygens (including phenoxy) is 2. The summed E-state index contributed by atoms with van der Waals surface area (Å²) in [6.45, 7) is 1.25. The summed E-state index contributed by atoms with van der Waals surface area (Å²) in [5.41, 5.74) is 0.584. The third-order valence-electron chi connectivity index (χ3n) is 3.82. The smallest absolute Gasteiger partial charge is 0.328 e. The Morgan fingerprint density at radius 2 is 1.71 bits per heavy atom. The van der Waals surface area contributed by atoms with E-state index in [1.54, 1.807) is 23.6 Å². The number of nitrogens with zero attached hydrogens (tertiary/aromatic N) is 2. The molecule has 2 amide bonds. The van der Waals surface area contributed by atoms with Crippen molar-refractivity contribution in [3.8, 4) is 11.5 Å². The fourth-order valence-electron chi connectivity index (χ4n) is 2.29. The number of hydrogen-bond donors (Lipinski definition) is 4. The van der Waals surface area contributed by atoms with Crippen LogP contribution in [-0.2, 0) is 9.59 Å². The second-order valence-electron chi connectivity index (χ2n) is 6.60. The number of benzene rings is 1. The van der Waals surface area contributed by atoms with Gasteiger partial charge in [0.2, 0.25) is 0 Å². The number of thiazole rings is 1. The van der Waals surface area contributed by atoms with Crippen LogP contribution < -0.4 is 20.1 Å². The number of carbonyl (C=O) groups is 4. The van der Waals surface area contributed by atoms with Crippen LogP contribution in [0.25, 0.3) is 0 Å². The molecule has 1 heterocycles. The number of carboxylic acid groups (broad SMARTS) is 2. The number of carboxylic acids is 2. The van der Waals surface area contributed by atoms with Gasteiger partial charge < -0.3 is 29.9 Å². The number of anilines is 1. The van der Waals surface area contributed by atoms with E-state index in [-0.39, 0.29) is 11.6 Å². The maximum atomic E-state index is 12.5. The molecule has 0 saturated carbocycles. The maximum Gasteiger partial charge on any atom is 0.328 e. The molecule has 0 unspecified atom stereocenters. The Bertz CT molecular complexity index is 1020. The number of aliphatic carboxylic acids is 2. The molecular formula is C21H26N4O8S. The molecule has 0 saturated heterocycles. The van der Waals surface area contributed by atoms with Crippen LogP contribution in [0.2, 0.25) is 0 Å². The van der Waals surface area contributed by atoms with Crippen LogP contribution >= 0.6 is 11.3 Å². The van der Waals surface area contributed by atoms with Gasteiger partial charge in [-0.2, -0.15) is 0 Å². The van der Waals surface area contributed by atoms with Gasteiger partial charge in [0.1, 0.15) is 5.69 Å². The molecular weight excluding hydrogens is 468 g/mol. The van der Waals surface area contributed by atoms with Crippen LogP contribution in [0.15, 0.2) is 35.7 Å². The van der Waals surface area contributed by atoms with Gasteiger partial charge in [-0.25, -0.2) is 14.6 Å². The van der Waals surface area contributed by atoms with E-state index in [9.17, 15) is 19.2 Å². The molecule has 4 N–H and O–H groups in total. The lowest BCUT2D eigenvalue weighted by Gasteiger charge is -2.11. The minimum absolute atomic E-state index is 0.265. The Morgan fingerprint density at radius 3 is 2.24 bits per heavy atom. The number of aromatic nitrogens is 1. The average Bonchev–Trinajstić information content (AvgIpc) is 3.25. The van der Waals surface area contributed by atoms with Crippen molar-refractivity contribution in [2.75, 3.05) is 46.7 Å². The fourth-order valence-corrected chi connectivity index (χ4v) is 2.98. The van der Waals surface area contributed by atoms with Crippen LogP contribution in [0, 0.1) is 0 Å². The van der Waals surface area contributed by atoms with Crippen LogP contribution in [0.1, 0.15) is 20.8 Å². The van der Waals surface area contributed by atoms with Crippen LogP contribution in [-0.4, -0.2) is 85.3 Å². The Hall–Kier alpha value is -3.97. The summed E-state index contributed by atoms with van der Waals surface area (Å²) in [6, 6.07) is 5.02. The summed E-state index contributed by atoms with van der Waals surface area (Å²) in [5, 5.41) is 23.0. The van der Waals surface area contributed by atoms with Gasteiger partial charge in [0.15, 0.2) is 16.6 Å². The van der Waals surface area contributed by atoms with E-state index in [1.807, 2.05) is 19.0 Å². The highest BCUT2D eigenvalue weighted by molar-refractivity contribution is 7.14. The first-order valence-corrected chi connectivity index (χ1v) is 10.5. The summed E-state index contributed by atoms with van der Waals surface area (Å²) >= 11 is 1.18. The number of carbonyl (C=O) groups excluding carboxylic acids is 2. The van der Waals surface area contributed by atoms with E-state index >= 15 is 0 Å². The standard InChI is InChI=1S/C17H22N4O4S.C4H4O4/c1-21(2)9-8-18-16(23)12-10-26-17(19-12)20-15(22)11-6-5-7-13(24-3)14(11)25-4;5-3(6)1-2-4(7)8/h5-7,10H,8-9H2,1-4H3,(H,18,23)(H,19,20,22);1-2H,(H,5,6)(H,7,8)/b;2-1-. The minimum atomic E-state index is -1.26. The van der Waals surface area contributed by atoms with Crippen molar-refractivity contribution in [1.82, 2.24) is 15.2 Å². The molecule has 184 valence electrons. The minimum Gasteiger partial charge on any atom is -0.493 e. The maximum absolute atomic E-state index is 12.5. The number of hydrogen-bond acceptors (Lipinski definition) is 9. The third kappa shape index (κ3) is 9.67. The lowest BCUT2D eigenvalue weighted by molar-refractivity contribution is -0.134. The molecule has 0 spiro atoms. The Morgan fingerprint density at radius 1 is 1.06 bits per heavy atom. The van der Waals surface area contributed by atoms with Gasteiger partial charge in [0.05, 0.1) is 19.8 Å². The normalized spacial score (nSPS) is 10.3. The molecule has 1 aromatic carbocycles. The highest BCUT2D eigenvalue weighted by Crippen LogP contribution is 2.31. The molecule has 0 radical (unpaired) electrons. The van der Waals surface area contributed by atoms with E-state index in [1.165, 1.54) is 25.6 Å². The average molecular weight is 495 g/mol. The van der Waals surface area contributed by atoms with Crippen molar-refractivity contribution >= 4 is 40.2 Å². The molecule has 0 fully saturated rings. The lowest BCUT2D eigenvalue weighted by atomic mass is 10.1. The molecule has 0 aliphatic heterocycles. The fraction of sp³-hybridized carbons (Fsp3) is 0.286. The molecule has 0 aliphatic carbocycles. The number of methoxy groups -OCH3 is 2. The predicted octanol–water partition coefficient (Wildman–Crippen LogP) is 1.42. The van der Waals surface area contributed by atoms with Gasteiger partial charge in [0.25, 0.3) is 11.8 Å². The van der Waals surface area contributed by atoms with Crippen molar-refractivity contribution in [3.05, 3.63) is 47.0 Å². The molecule has 2 rings (SSSR count). The lowest BCUT2D eigenvalue weighted by Crippen LogP contribution is -2.31. The predicted molar refractivity (Wildman–Crippen MR) is 125 cm³/mol. The quantitative estimate of drug-likeness (QED) is 0.355. The van der Waals surface area contributed by atoms with Crippen molar-refractivity contribution in [3.63, 3.8) is 0 Å². The van der Waals surface area contributed by atoms with Gasteiger partial charge >= 0.3 is 11.9 Å². The van der Waals surface area contributed by atoms with E-state index in [2.05, 4.69) is 15.6 Å². The number of nitrogens with one attached hydrogen (secondary N) is 2. The first-order chi connectivity index (χ1) is 16.1. The number of likely N-dealkylation sites (N-methyl/N-ethyl adjacent to an activating group) is 1. The van der Waals surface area contributed by atoms with Crippen LogP contribution in [0.4, 0.5) is 5.13 Å². The second-order valence-corrected chi connectivity index (χ2v) is 7.46. The first-order valence-electron chi connectivity index (χ1n) is 9.63. The van der Waals surface area contributed by atoms with Gasteiger partial charge in [-0.05, 0) is 26.2 Å². The highest BCUT2D eigenvalue weighted by Gasteiger charge is 2.18. The summed E-state index contributed by atoms with van der Waals surface area (Å²) in [4.78, 5) is 49.8. The number of rotatable bonds is 10. The zero-order valence-corrected chi connectivity index (χ0v) is 19.8. The topological polar surface area (TPSA) is 167 Å². The molecule has 2 aromatic rings. The molecule has 0 atom stereocenters. The Kier molecular flexibility index (Phi) is 11.7. The van der Waals surface area contributed by atoms with Gasteiger partial charge in [-0.1, -0.05) is 6.07 Å². The van der Waals surface area contributed by atoms with Crippen molar-refractivity contribution in [2.24, 2.45) is 0 Å². The summed E-state index contributed by atoms with van der Waals surface area (Å²) < 4.78 is 10.5. The van der Waals surface area contributed by atoms with Crippen LogP contribution in [0.3, 0.4) is 0 Å². The molecule has 34 heavy (non-hydrogen) atoms. The molecule has 0 aliphatic rings. The summed E-state index contributed by atoms with van der Waals surface area (Å²) in [5.74, 6) is -2.39. The van der Waals surface area contributed by atoms with E-state index in [4.69, 9.17) is 19.7 Å². The number of para-hydroxylation sites is 1. The van der Waals surface area contributed by atoms with Crippen molar-refractivity contribution < 1.29 is 38.9 Å². The largest absolute Gasteiger partial charge is 0.493 e. The molecule has 12 nitrogen and oxygen atoms in total. The van der Waals surface area contributed by atoms with Gasteiger partial charge in [0, 0.05) is 30.6 Å². The van der Waals surface area contributed by atoms with Gasteiger partial charge in [-0.15, -0.1) is 11.3 Å². The Balaban J connectivity index is 0.000000620. The summed E-state index contributed by atoms with van der Waals surface area (Å²) in [6.07, 6.45) is 1.12. The first kappa shape index (κ1) is 28.1. The molecule has 13 heteroatoms. The van der Waals surface area contributed by atoms with Crippen molar-refractivity contribution in [1.29, 1.82) is 0 Å². The molecule has 0 bridgehead atoms. The molecule has 1 aromatic heterocycles. The SMILES string of the molecule is COc1cccc(C(=O)Nc2nc(C(=O)NCCN(C)C)cs2)c1OC.O=C(O)/C=C\C(=O)O. The number of amides is 2. The second kappa shape index (κ2) is 14.2. The third-order valence-corrected chi connectivity index (χ3v) is 4.58.